The van der Waals surface area contributed by atoms with Crippen LogP contribution in [0.15, 0.2) is 6.07 Å². The molecule has 27 heavy (non-hydrogen) atoms. The molecule has 0 bridgehead atoms. The van der Waals surface area contributed by atoms with E-state index in [1.54, 1.807) is 4.90 Å². The van der Waals surface area contributed by atoms with E-state index in [0.717, 1.165) is 12.8 Å². The second kappa shape index (κ2) is 7.46. The highest BCUT2D eigenvalue weighted by Gasteiger charge is 2.42. The van der Waals surface area contributed by atoms with E-state index in [2.05, 4.69) is 6.92 Å². The first-order valence-corrected chi connectivity index (χ1v) is 8.89. The number of benzene rings is 1. The number of ether oxygens (including phenoxy) is 3. The maximum Gasteiger partial charge on any atom is 0.300 e. The van der Waals surface area contributed by atoms with E-state index in [1.165, 1.54) is 32.3 Å². The molecule has 2 aliphatic rings. The lowest BCUT2D eigenvalue weighted by atomic mass is 9.99. The smallest absolute Gasteiger partial charge is 0.300 e. The first-order valence-electron chi connectivity index (χ1n) is 8.89. The fraction of sp³-hybridized carbons (Fsp3) is 0.526. The molecule has 1 aromatic carbocycles. The van der Waals surface area contributed by atoms with Gasteiger partial charge in [-0.15, -0.1) is 0 Å². The van der Waals surface area contributed by atoms with Crippen molar-refractivity contribution in [2.24, 2.45) is 5.92 Å². The minimum absolute atomic E-state index is 0.0974. The zero-order valence-corrected chi connectivity index (χ0v) is 16.0. The van der Waals surface area contributed by atoms with E-state index < -0.39 is 11.7 Å². The number of ketones is 1. The van der Waals surface area contributed by atoms with Crippen molar-refractivity contribution in [3.8, 4) is 17.2 Å². The summed E-state index contributed by atoms with van der Waals surface area (Å²) in [5, 5.41) is 0. The molecule has 2 aliphatic heterocycles. The van der Waals surface area contributed by atoms with Crippen molar-refractivity contribution in [1.82, 2.24) is 4.90 Å². The normalized spacial score (nSPS) is 17.2. The van der Waals surface area contributed by atoms with Crippen LogP contribution >= 0.6 is 0 Å². The highest BCUT2D eigenvalue weighted by molar-refractivity contribution is 6.53. The summed E-state index contributed by atoms with van der Waals surface area (Å²) >= 11 is 0. The van der Waals surface area contributed by atoms with Crippen molar-refractivity contribution < 1.29 is 28.6 Å². The monoisotopic (exact) mass is 376 g/mol. The number of nitrogens with zero attached hydrogens (tertiary/aromatic N) is 2. The van der Waals surface area contributed by atoms with Gasteiger partial charge in [0, 0.05) is 19.2 Å². The van der Waals surface area contributed by atoms with Crippen LogP contribution in [0.3, 0.4) is 0 Å². The van der Waals surface area contributed by atoms with Crippen LogP contribution in [-0.2, 0) is 9.59 Å². The second-order valence-corrected chi connectivity index (χ2v) is 6.82. The number of rotatable bonds is 5. The average Bonchev–Trinajstić information content (AvgIpc) is 2.91. The Bertz CT molecular complexity index is 783. The van der Waals surface area contributed by atoms with E-state index in [-0.39, 0.29) is 29.5 Å². The summed E-state index contributed by atoms with van der Waals surface area (Å²) in [6.45, 7) is 3.30. The minimum atomic E-state index is -0.752. The number of anilines is 1. The molecule has 3 rings (SSSR count). The number of Topliss-reactive ketones (excluding diaryl/α,β-unsaturated/α-hetero) is 1. The summed E-state index contributed by atoms with van der Waals surface area (Å²) in [5.74, 6) is -0.375. The lowest BCUT2D eigenvalue weighted by Crippen LogP contribution is -2.45. The van der Waals surface area contributed by atoms with Gasteiger partial charge in [-0.05, 0) is 18.8 Å². The molecular weight excluding hydrogens is 352 g/mol. The first kappa shape index (κ1) is 19.0. The third-order valence-electron chi connectivity index (χ3n) is 5.20. The minimum Gasteiger partial charge on any atom is -0.493 e. The molecule has 1 fully saturated rings. The van der Waals surface area contributed by atoms with Crippen molar-refractivity contribution >= 4 is 23.3 Å². The molecule has 8 heteroatoms. The fourth-order valence-electron chi connectivity index (χ4n) is 3.56. The molecule has 0 atom stereocenters. The number of amides is 2. The van der Waals surface area contributed by atoms with Gasteiger partial charge in [0.1, 0.15) is 6.54 Å². The SMILES string of the molecule is COc1cc2c(c(OC)c1OC)C(=O)C(=O)N2CC(=O)N1CCC(C)CC1. The quantitative estimate of drug-likeness (QED) is 0.724. The van der Waals surface area contributed by atoms with Crippen LogP contribution < -0.4 is 19.1 Å². The molecule has 1 saturated heterocycles. The number of fused-ring (bicyclic) bond motifs is 1. The summed E-state index contributed by atoms with van der Waals surface area (Å²) < 4.78 is 15.9. The third kappa shape index (κ3) is 3.20. The number of likely N-dealkylation sites (tertiary alicyclic amines) is 1. The summed E-state index contributed by atoms with van der Waals surface area (Å²) in [4.78, 5) is 40.8. The van der Waals surface area contributed by atoms with Crippen LogP contribution in [-0.4, -0.2) is 63.5 Å². The van der Waals surface area contributed by atoms with Crippen molar-refractivity contribution in [3.63, 3.8) is 0 Å². The van der Waals surface area contributed by atoms with Crippen LogP contribution in [0.4, 0.5) is 5.69 Å². The molecule has 8 nitrogen and oxygen atoms in total. The van der Waals surface area contributed by atoms with Crippen LogP contribution in [0.1, 0.15) is 30.1 Å². The zero-order chi connectivity index (χ0) is 19.7. The number of piperidine rings is 1. The number of methoxy groups -OCH3 is 3. The van der Waals surface area contributed by atoms with Crippen molar-refractivity contribution in [2.75, 3.05) is 45.9 Å². The van der Waals surface area contributed by atoms with Crippen LogP contribution in [0.2, 0.25) is 0 Å². The van der Waals surface area contributed by atoms with Crippen LogP contribution in [0, 0.1) is 5.92 Å². The standard InChI is InChI=1S/C19H24N2O6/c1-11-5-7-20(8-6-11)14(22)10-21-12-9-13(25-2)17(26-3)18(27-4)15(12)16(23)19(21)24/h9,11H,5-8,10H2,1-4H3. The highest BCUT2D eigenvalue weighted by Crippen LogP contribution is 2.48. The van der Waals surface area contributed by atoms with Gasteiger partial charge in [0.2, 0.25) is 11.7 Å². The summed E-state index contributed by atoms with van der Waals surface area (Å²) in [5.41, 5.74) is 0.401. The largest absolute Gasteiger partial charge is 0.493 e. The van der Waals surface area contributed by atoms with Gasteiger partial charge < -0.3 is 19.1 Å². The van der Waals surface area contributed by atoms with E-state index in [0.29, 0.717) is 30.4 Å². The fourth-order valence-corrected chi connectivity index (χ4v) is 3.56. The van der Waals surface area contributed by atoms with E-state index >= 15 is 0 Å². The Morgan fingerprint density at radius 1 is 1.07 bits per heavy atom. The molecule has 0 N–H and O–H groups in total. The first-order chi connectivity index (χ1) is 12.9. The second-order valence-electron chi connectivity index (χ2n) is 6.82. The number of carbonyl (C=O) groups is 3. The molecule has 1 aromatic rings. The Kier molecular flexibility index (Phi) is 5.25. The van der Waals surface area contributed by atoms with Crippen LogP contribution in [0.25, 0.3) is 0 Å². The number of hydrogen-bond donors (Lipinski definition) is 0. The molecular formula is C19H24N2O6. The maximum absolute atomic E-state index is 12.7. The maximum atomic E-state index is 12.7. The van der Waals surface area contributed by atoms with Gasteiger partial charge in [-0.2, -0.15) is 0 Å². The van der Waals surface area contributed by atoms with Gasteiger partial charge in [-0.25, -0.2) is 0 Å². The van der Waals surface area contributed by atoms with Gasteiger partial charge in [-0.1, -0.05) is 6.92 Å². The number of hydrogen-bond acceptors (Lipinski definition) is 6. The summed E-state index contributed by atoms with van der Waals surface area (Å²) in [6.07, 6.45) is 1.88. The molecule has 0 unspecified atom stereocenters. The molecule has 146 valence electrons. The molecule has 2 heterocycles. The van der Waals surface area contributed by atoms with Gasteiger partial charge in [0.05, 0.1) is 32.6 Å². The Morgan fingerprint density at radius 3 is 2.26 bits per heavy atom. The predicted octanol–water partition coefficient (Wildman–Crippen LogP) is 1.50. The van der Waals surface area contributed by atoms with E-state index in [1.807, 2.05) is 0 Å². The highest BCUT2D eigenvalue weighted by atomic mass is 16.5. The summed E-state index contributed by atoms with van der Waals surface area (Å²) in [7, 11) is 4.26. The lowest BCUT2D eigenvalue weighted by Gasteiger charge is -2.31. The van der Waals surface area contributed by atoms with Gasteiger partial charge >= 0.3 is 0 Å². The van der Waals surface area contributed by atoms with Gasteiger partial charge in [-0.3, -0.25) is 19.3 Å². The van der Waals surface area contributed by atoms with Crippen molar-refractivity contribution in [2.45, 2.75) is 19.8 Å². The Morgan fingerprint density at radius 2 is 1.70 bits per heavy atom. The Balaban J connectivity index is 1.95. The molecule has 0 radical (unpaired) electrons. The molecule has 0 aliphatic carbocycles. The predicted molar refractivity (Wildman–Crippen MR) is 97.8 cm³/mol. The van der Waals surface area contributed by atoms with Gasteiger partial charge in [0.25, 0.3) is 11.7 Å². The summed E-state index contributed by atoms with van der Waals surface area (Å²) in [6, 6.07) is 1.53. The topological polar surface area (TPSA) is 85.4 Å². The Labute approximate surface area is 158 Å². The average molecular weight is 376 g/mol. The molecule has 0 aromatic heterocycles. The van der Waals surface area contributed by atoms with Crippen molar-refractivity contribution in [3.05, 3.63) is 11.6 Å². The Hall–Kier alpha value is -2.77. The molecule has 0 spiro atoms. The zero-order valence-electron chi connectivity index (χ0n) is 16.0. The van der Waals surface area contributed by atoms with Crippen molar-refractivity contribution in [1.29, 1.82) is 0 Å². The number of carbonyl (C=O) groups excluding carboxylic acids is 3. The third-order valence-corrected chi connectivity index (χ3v) is 5.20. The van der Waals surface area contributed by atoms with E-state index in [4.69, 9.17) is 14.2 Å². The van der Waals surface area contributed by atoms with Gasteiger partial charge in [0.15, 0.2) is 11.5 Å². The van der Waals surface area contributed by atoms with E-state index in [9.17, 15) is 14.4 Å². The molecule has 2 amide bonds. The molecule has 0 saturated carbocycles. The van der Waals surface area contributed by atoms with Crippen LogP contribution in [0.5, 0.6) is 17.2 Å². The lowest BCUT2D eigenvalue weighted by molar-refractivity contribution is -0.132.